The van der Waals surface area contributed by atoms with Crippen LogP contribution in [0.3, 0.4) is 0 Å². The molecule has 0 saturated carbocycles. The molecule has 0 amide bonds. The molecule has 2 unspecified atom stereocenters. The fourth-order valence-corrected chi connectivity index (χ4v) is 3.67. The summed E-state index contributed by atoms with van der Waals surface area (Å²) in [6.45, 7) is 1.70. The minimum atomic E-state index is -4.36. The predicted octanol–water partition coefficient (Wildman–Crippen LogP) is -1.87. The van der Waals surface area contributed by atoms with E-state index in [1.807, 2.05) is 0 Å². The van der Waals surface area contributed by atoms with Gasteiger partial charge in [0.15, 0.2) is 5.79 Å². The van der Waals surface area contributed by atoms with Crippen LogP contribution in [-0.2, 0) is 59.8 Å². The minimum Gasteiger partial charge on any atom is -0.343 e. The van der Waals surface area contributed by atoms with E-state index in [0.717, 1.165) is 0 Å². The van der Waals surface area contributed by atoms with Crippen LogP contribution in [-0.4, -0.2) is 69.0 Å². The molecule has 2 fully saturated rings. The van der Waals surface area contributed by atoms with Gasteiger partial charge < -0.3 is 14.2 Å². The zero-order chi connectivity index (χ0) is 19.0. The molecular formula is C9H17NO12S3. The molecule has 13 nitrogen and oxygen atoms in total. The molecule has 2 aliphatic rings. The summed E-state index contributed by atoms with van der Waals surface area (Å²) in [6, 6.07) is 0. The molecule has 25 heavy (non-hydrogen) atoms. The molecule has 0 aliphatic carbocycles. The van der Waals surface area contributed by atoms with Gasteiger partial charge in [0.05, 0.1) is 6.61 Å². The summed E-state index contributed by atoms with van der Waals surface area (Å²) in [7, 11) is -4.36. The van der Waals surface area contributed by atoms with E-state index in [1.165, 1.54) is 13.8 Å². The maximum absolute atomic E-state index is 11.1. The van der Waals surface area contributed by atoms with Crippen molar-refractivity contribution in [3.05, 3.63) is 0 Å². The number of hydrogen-bond donors (Lipinski definition) is 3. The quantitative estimate of drug-likeness (QED) is 0.384. The van der Waals surface area contributed by atoms with Crippen molar-refractivity contribution in [2.45, 2.75) is 43.7 Å². The molecule has 0 aromatic heterocycles. The molecule has 0 aromatic carbocycles. The Balaban J connectivity index is 2.34. The van der Waals surface area contributed by atoms with Gasteiger partial charge >= 0.3 is 33.0 Å². The second kappa shape index (κ2) is 7.49. The molecule has 2 saturated heterocycles. The molecular weight excluding hydrogens is 410 g/mol. The third kappa shape index (κ3) is 5.44. The summed E-state index contributed by atoms with van der Waals surface area (Å²) in [5.74, 6) is -3.21. The van der Waals surface area contributed by atoms with Gasteiger partial charge in [-0.2, -0.15) is 16.8 Å². The summed E-state index contributed by atoms with van der Waals surface area (Å²) in [5, 5.41) is 4.79. The number of hydrogen-bond acceptors (Lipinski definition) is 10. The van der Waals surface area contributed by atoms with Crippen molar-refractivity contribution in [1.29, 1.82) is 0 Å². The van der Waals surface area contributed by atoms with Crippen LogP contribution in [0.2, 0.25) is 0 Å². The Kier molecular flexibility index (Phi) is 6.35. The monoisotopic (exact) mass is 427 g/mol. The van der Waals surface area contributed by atoms with Gasteiger partial charge in [-0.05, 0) is 13.8 Å². The maximum Gasteiger partial charge on any atom is 0.333 e. The number of fused-ring (bicyclic) bond motifs is 1. The molecule has 148 valence electrons. The lowest BCUT2D eigenvalue weighted by Crippen LogP contribution is -2.63. The van der Waals surface area contributed by atoms with Gasteiger partial charge in [0.25, 0.3) is 0 Å². The normalized spacial score (nSPS) is 37.4. The smallest absolute Gasteiger partial charge is 0.333 e. The summed E-state index contributed by atoms with van der Waals surface area (Å²) in [6.07, 6.45) is -4.07. The van der Waals surface area contributed by atoms with E-state index in [9.17, 15) is 16.8 Å². The lowest BCUT2D eigenvalue weighted by Gasteiger charge is -2.42. The Bertz CT molecular complexity index is 652. The molecule has 0 bridgehead atoms. The highest BCUT2D eigenvalue weighted by molar-refractivity contribution is 7.84. The van der Waals surface area contributed by atoms with Crippen LogP contribution in [0.5, 0.6) is 0 Å². The van der Waals surface area contributed by atoms with Gasteiger partial charge in [0, 0.05) is 0 Å². The van der Waals surface area contributed by atoms with Crippen molar-refractivity contribution < 1.29 is 52.7 Å². The number of nitrogens with two attached hydrogens (primary N) is 1. The number of ether oxygens (including phenoxy) is 3. The highest BCUT2D eigenvalue weighted by Crippen LogP contribution is 2.44. The average Bonchev–Trinajstić information content (AvgIpc) is 2.69. The molecule has 4 N–H and O–H groups in total. The zero-order valence-electron chi connectivity index (χ0n) is 12.9. The summed E-state index contributed by atoms with van der Waals surface area (Å²) < 4.78 is 92.6. The molecule has 0 aromatic rings. The Morgan fingerprint density at radius 2 is 1.84 bits per heavy atom. The third-order valence-electron chi connectivity index (χ3n) is 3.24. The third-order valence-corrected chi connectivity index (χ3v) is 4.49. The first-order valence-electron chi connectivity index (χ1n) is 6.59. The first kappa shape index (κ1) is 21.2. The van der Waals surface area contributed by atoms with Crippen LogP contribution < -0.4 is 5.14 Å². The molecule has 0 spiro atoms. The van der Waals surface area contributed by atoms with E-state index >= 15 is 0 Å². The Morgan fingerprint density at radius 3 is 2.36 bits per heavy atom. The predicted molar refractivity (Wildman–Crippen MR) is 79.1 cm³/mol. The van der Waals surface area contributed by atoms with Crippen molar-refractivity contribution >= 4 is 33.0 Å². The minimum absolute atomic E-state index is 0.460. The lowest BCUT2D eigenvalue weighted by atomic mass is 9.98. The fourth-order valence-electron chi connectivity index (χ4n) is 2.55. The van der Waals surface area contributed by atoms with E-state index in [4.69, 9.17) is 32.6 Å². The fraction of sp³-hybridized carbons (Fsp3) is 1.00. The van der Waals surface area contributed by atoms with Gasteiger partial charge in [-0.1, -0.05) is 0 Å². The summed E-state index contributed by atoms with van der Waals surface area (Å²) >= 11 is -5.55. The Labute approximate surface area is 148 Å². The molecule has 0 radical (unpaired) electrons. The van der Waals surface area contributed by atoms with Crippen molar-refractivity contribution in [3.8, 4) is 0 Å². The van der Waals surface area contributed by atoms with Gasteiger partial charge in [-0.25, -0.2) is 5.14 Å². The number of rotatable bonds is 7. The summed E-state index contributed by atoms with van der Waals surface area (Å²) in [5.41, 5.74) is 0. The topological polar surface area (TPSA) is 190 Å². The first-order valence-corrected chi connectivity index (χ1v) is 10.1. The van der Waals surface area contributed by atoms with Gasteiger partial charge in [0.2, 0.25) is 5.79 Å². The highest BCUT2D eigenvalue weighted by atomic mass is 32.2. The Hall–Kier alpha value is -0.110. The van der Waals surface area contributed by atoms with Crippen LogP contribution in [0.15, 0.2) is 0 Å². The standard InChI is InChI=1S/C9H17NO12S3/c1-8(2)19-7-6(21-24(13)14)5(20-23(11)12)3-17-9(7,22-8)4-18-25(10,15)16/h5-7H,3-4H2,1-2H3,(H,11,12)(H,13,14)(H2,10,15,16)/t5-,6-,7+,9+/m0/s1. The van der Waals surface area contributed by atoms with E-state index in [1.54, 1.807) is 0 Å². The van der Waals surface area contributed by atoms with Crippen molar-refractivity contribution in [2.75, 3.05) is 13.2 Å². The maximum atomic E-state index is 11.1. The van der Waals surface area contributed by atoms with Crippen molar-refractivity contribution in [2.24, 2.45) is 5.14 Å². The average molecular weight is 427 g/mol. The summed E-state index contributed by atoms with van der Waals surface area (Å²) in [4.78, 5) is 0. The second-order valence-corrected chi connectivity index (χ2v) is 8.02. The van der Waals surface area contributed by atoms with E-state index in [-0.39, 0.29) is 0 Å². The van der Waals surface area contributed by atoms with Gasteiger partial charge in [0.1, 0.15) is 24.9 Å². The highest BCUT2D eigenvalue weighted by Gasteiger charge is 2.63. The first-order chi connectivity index (χ1) is 11.3. The lowest BCUT2D eigenvalue weighted by molar-refractivity contribution is -0.295. The molecule has 2 aliphatic heterocycles. The van der Waals surface area contributed by atoms with Crippen LogP contribution >= 0.6 is 0 Å². The Morgan fingerprint density at radius 1 is 1.24 bits per heavy atom. The largest absolute Gasteiger partial charge is 0.343 e. The van der Waals surface area contributed by atoms with Gasteiger partial charge in [-0.15, -0.1) is 0 Å². The van der Waals surface area contributed by atoms with E-state index < -0.39 is 76.1 Å². The zero-order valence-corrected chi connectivity index (χ0v) is 15.4. The van der Waals surface area contributed by atoms with Crippen LogP contribution in [0.1, 0.15) is 13.8 Å². The van der Waals surface area contributed by atoms with Crippen LogP contribution in [0.25, 0.3) is 0 Å². The van der Waals surface area contributed by atoms with E-state index in [0.29, 0.717) is 0 Å². The van der Waals surface area contributed by atoms with Crippen LogP contribution in [0.4, 0.5) is 0 Å². The van der Waals surface area contributed by atoms with Crippen molar-refractivity contribution in [3.63, 3.8) is 0 Å². The molecule has 16 heteroatoms. The molecule has 6 atom stereocenters. The second-order valence-electron chi connectivity index (χ2n) is 5.55. The SMILES string of the molecule is CC1(C)O[C@@H]2[C@@H](OS(=O)O)[C@@H](OS(=O)O)CO[C@]2(COS(N)(=O)=O)O1. The molecule has 2 rings (SSSR count). The van der Waals surface area contributed by atoms with Crippen LogP contribution in [0, 0.1) is 0 Å². The van der Waals surface area contributed by atoms with E-state index in [2.05, 4.69) is 8.37 Å². The molecule has 2 heterocycles. The van der Waals surface area contributed by atoms with Crippen molar-refractivity contribution in [1.82, 2.24) is 0 Å². The van der Waals surface area contributed by atoms with Gasteiger partial charge in [-0.3, -0.25) is 21.7 Å².